The summed E-state index contributed by atoms with van der Waals surface area (Å²) in [7, 11) is -3.77. The molecule has 0 aromatic heterocycles. The van der Waals surface area contributed by atoms with Crippen molar-refractivity contribution >= 4 is 10.1 Å². The Morgan fingerprint density at radius 2 is 1.76 bits per heavy atom. The molecule has 4 N–H and O–H groups in total. The van der Waals surface area contributed by atoms with E-state index in [0.29, 0.717) is 6.54 Å². The van der Waals surface area contributed by atoms with Gasteiger partial charge in [-0.05, 0) is 19.3 Å². The predicted molar refractivity (Wildman–Crippen MR) is 70.5 cm³/mol. The second-order valence-corrected chi connectivity index (χ2v) is 5.75. The van der Waals surface area contributed by atoms with Gasteiger partial charge >= 0.3 is 0 Å². The van der Waals surface area contributed by atoms with Crippen LogP contribution in [-0.4, -0.2) is 36.5 Å². The van der Waals surface area contributed by atoms with Gasteiger partial charge in [0.05, 0.1) is 11.9 Å². The lowest BCUT2D eigenvalue weighted by atomic mass is 10.0. The van der Waals surface area contributed by atoms with E-state index in [1.807, 2.05) is 6.92 Å². The van der Waals surface area contributed by atoms with Crippen LogP contribution in [0.4, 0.5) is 0 Å². The number of nitrogens with two attached hydrogens (primary N) is 1. The number of hydrogen-bond donors (Lipinski definition) is 3. The van der Waals surface area contributed by atoms with Gasteiger partial charge in [0.2, 0.25) is 0 Å². The van der Waals surface area contributed by atoms with Gasteiger partial charge in [0, 0.05) is 6.54 Å². The summed E-state index contributed by atoms with van der Waals surface area (Å²) in [5.41, 5.74) is 4.92. The van der Waals surface area contributed by atoms with E-state index in [9.17, 15) is 8.42 Å². The number of unbranched alkanes of at least 4 members (excludes halogenated alkanes) is 1. The van der Waals surface area contributed by atoms with E-state index in [1.165, 1.54) is 0 Å². The molecule has 0 aliphatic rings. The quantitative estimate of drug-likeness (QED) is 0.607. The molecule has 0 aliphatic carbocycles. The Bertz CT molecular complexity index is 252. The summed E-state index contributed by atoms with van der Waals surface area (Å²) in [6, 6.07) is 0. The highest BCUT2D eigenvalue weighted by Gasteiger charge is 2.14. The Morgan fingerprint density at radius 1 is 1.29 bits per heavy atom. The summed E-state index contributed by atoms with van der Waals surface area (Å²) >= 11 is 0. The van der Waals surface area contributed by atoms with Crippen LogP contribution < -0.4 is 5.73 Å². The largest absolute Gasteiger partial charge is 0.392 e. The van der Waals surface area contributed by atoms with Crippen LogP contribution in [0.3, 0.4) is 0 Å². The van der Waals surface area contributed by atoms with Crippen molar-refractivity contribution in [1.82, 2.24) is 0 Å². The van der Waals surface area contributed by atoms with Crippen molar-refractivity contribution in [3.05, 3.63) is 0 Å². The molecule has 0 radical (unpaired) electrons. The fourth-order valence-corrected chi connectivity index (χ4v) is 2.19. The lowest BCUT2D eigenvalue weighted by molar-refractivity contribution is 0.203. The molecule has 0 amide bonds. The molecule has 0 bridgehead atoms. The van der Waals surface area contributed by atoms with Crippen LogP contribution in [0.5, 0.6) is 0 Å². The van der Waals surface area contributed by atoms with Gasteiger partial charge < -0.3 is 10.8 Å². The molecular weight excluding hydrogens is 242 g/mol. The molecule has 0 saturated carbocycles. The Balaban J connectivity index is 0. The fraction of sp³-hybridized carbons (Fsp3) is 1.00. The first kappa shape index (κ1) is 19.2. The second-order valence-electron chi connectivity index (χ2n) is 4.25. The van der Waals surface area contributed by atoms with E-state index in [0.717, 1.165) is 25.7 Å². The minimum absolute atomic E-state index is 0.0799. The minimum atomic E-state index is -3.77. The summed E-state index contributed by atoms with van der Waals surface area (Å²) in [4.78, 5) is 0. The number of hydrogen-bond acceptors (Lipinski definition) is 4. The van der Waals surface area contributed by atoms with Crippen LogP contribution in [-0.2, 0) is 10.1 Å². The molecule has 0 rings (SSSR count). The molecule has 0 saturated heterocycles. The molecule has 5 nitrogen and oxygen atoms in total. The SMILES string of the molecule is CC(O)CN.CCCCC(CC)CS(=O)(=O)O. The number of rotatable bonds is 7. The van der Waals surface area contributed by atoms with Crippen molar-refractivity contribution in [3.63, 3.8) is 0 Å². The van der Waals surface area contributed by atoms with Crippen LogP contribution >= 0.6 is 0 Å². The molecule has 6 heteroatoms. The van der Waals surface area contributed by atoms with Crippen LogP contribution in [0.1, 0.15) is 46.5 Å². The fourth-order valence-electron chi connectivity index (χ4n) is 1.20. The Labute approximate surface area is 105 Å². The lowest BCUT2D eigenvalue weighted by Crippen LogP contribution is -2.14. The summed E-state index contributed by atoms with van der Waals surface area (Å²) in [5, 5.41) is 8.24. The van der Waals surface area contributed by atoms with Gasteiger partial charge in [-0.3, -0.25) is 4.55 Å². The van der Waals surface area contributed by atoms with Gasteiger partial charge in [-0.2, -0.15) is 8.42 Å². The maximum absolute atomic E-state index is 10.5. The molecule has 106 valence electrons. The average molecular weight is 269 g/mol. The topological polar surface area (TPSA) is 101 Å². The zero-order valence-electron chi connectivity index (χ0n) is 11.1. The monoisotopic (exact) mass is 269 g/mol. The van der Waals surface area contributed by atoms with Gasteiger partial charge in [-0.25, -0.2) is 0 Å². The summed E-state index contributed by atoms with van der Waals surface area (Å²) in [6.45, 7) is 6.03. The van der Waals surface area contributed by atoms with E-state index in [4.69, 9.17) is 15.4 Å². The van der Waals surface area contributed by atoms with Crippen molar-refractivity contribution in [2.45, 2.75) is 52.6 Å². The highest BCUT2D eigenvalue weighted by atomic mass is 32.2. The van der Waals surface area contributed by atoms with E-state index in [2.05, 4.69) is 6.92 Å². The third-order valence-electron chi connectivity index (χ3n) is 2.33. The molecule has 0 aromatic rings. The molecule has 17 heavy (non-hydrogen) atoms. The summed E-state index contributed by atoms with van der Waals surface area (Å²) in [5.74, 6) is 0.0451. The third-order valence-corrected chi connectivity index (χ3v) is 3.22. The molecule has 2 unspecified atom stereocenters. The van der Waals surface area contributed by atoms with Crippen molar-refractivity contribution in [3.8, 4) is 0 Å². The lowest BCUT2D eigenvalue weighted by Gasteiger charge is -2.11. The van der Waals surface area contributed by atoms with E-state index in [1.54, 1.807) is 6.92 Å². The molecule has 2 atom stereocenters. The summed E-state index contributed by atoms with van der Waals surface area (Å²) < 4.78 is 29.6. The maximum Gasteiger partial charge on any atom is 0.265 e. The van der Waals surface area contributed by atoms with Crippen LogP contribution in [0.15, 0.2) is 0 Å². The minimum Gasteiger partial charge on any atom is -0.392 e. The van der Waals surface area contributed by atoms with Gasteiger partial charge in [-0.1, -0.05) is 33.1 Å². The van der Waals surface area contributed by atoms with E-state index >= 15 is 0 Å². The van der Waals surface area contributed by atoms with Crippen molar-refractivity contribution in [1.29, 1.82) is 0 Å². The van der Waals surface area contributed by atoms with Crippen molar-refractivity contribution in [2.75, 3.05) is 12.3 Å². The number of aliphatic hydroxyl groups is 1. The first-order valence-corrected chi connectivity index (χ1v) is 7.70. The van der Waals surface area contributed by atoms with Gasteiger partial charge in [0.25, 0.3) is 10.1 Å². The molecule has 0 aliphatic heterocycles. The van der Waals surface area contributed by atoms with Crippen LogP contribution in [0.25, 0.3) is 0 Å². The Morgan fingerprint density at radius 3 is 2.00 bits per heavy atom. The standard InChI is InChI=1S/C8H18O3S.C3H9NO/c1-3-5-6-8(4-2)7-12(9,10)11;1-3(5)2-4/h8H,3-7H2,1-2H3,(H,9,10,11);3,5H,2,4H2,1H3. The molecular formula is C11H27NO4S. The van der Waals surface area contributed by atoms with Crippen LogP contribution in [0, 0.1) is 5.92 Å². The second kappa shape index (κ2) is 11.0. The highest BCUT2D eigenvalue weighted by molar-refractivity contribution is 7.85. The summed E-state index contributed by atoms with van der Waals surface area (Å²) in [6.07, 6.45) is 3.48. The maximum atomic E-state index is 10.5. The van der Waals surface area contributed by atoms with Gasteiger partial charge in [-0.15, -0.1) is 0 Å². The van der Waals surface area contributed by atoms with E-state index in [-0.39, 0.29) is 17.8 Å². The molecule has 0 spiro atoms. The normalized spacial score (nSPS) is 14.7. The number of aliphatic hydroxyl groups excluding tert-OH is 1. The highest BCUT2D eigenvalue weighted by Crippen LogP contribution is 2.14. The zero-order chi connectivity index (χ0) is 13.9. The smallest absolute Gasteiger partial charge is 0.265 e. The molecule has 0 fully saturated rings. The first-order chi connectivity index (χ1) is 7.76. The van der Waals surface area contributed by atoms with Crippen molar-refractivity contribution < 1.29 is 18.1 Å². The first-order valence-electron chi connectivity index (χ1n) is 6.10. The van der Waals surface area contributed by atoms with Gasteiger partial charge in [0.15, 0.2) is 0 Å². The average Bonchev–Trinajstić information content (AvgIpc) is 2.23. The zero-order valence-corrected chi connectivity index (χ0v) is 11.9. The van der Waals surface area contributed by atoms with Gasteiger partial charge in [0.1, 0.15) is 0 Å². The van der Waals surface area contributed by atoms with Crippen molar-refractivity contribution in [2.24, 2.45) is 11.7 Å². The molecule has 0 aromatic carbocycles. The Kier molecular flexibility index (Phi) is 12.4. The van der Waals surface area contributed by atoms with Crippen LogP contribution in [0.2, 0.25) is 0 Å². The Hall–Kier alpha value is -0.170. The predicted octanol–water partition coefficient (Wildman–Crippen LogP) is 1.42. The van der Waals surface area contributed by atoms with E-state index < -0.39 is 10.1 Å². The molecule has 0 heterocycles. The third kappa shape index (κ3) is 18.4.